The van der Waals surface area contributed by atoms with Gasteiger partial charge in [-0.1, -0.05) is 0 Å². The van der Waals surface area contributed by atoms with Crippen LogP contribution in [0.3, 0.4) is 0 Å². The molecular weight excluding hydrogens is 230 g/mol. The average Bonchev–Trinajstić information content (AvgIpc) is 2.54. The summed E-state index contributed by atoms with van der Waals surface area (Å²) in [5, 5.41) is 5.79. The molecule has 0 aliphatic rings. The van der Waals surface area contributed by atoms with Crippen LogP contribution in [-0.2, 0) is 9.53 Å². The first-order chi connectivity index (χ1) is 7.97. The van der Waals surface area contributed by atoms with Crippen molar-refractivity contribution in [2.45, 2.75) is 13.8 Å². The molecule has 0 fully saturated rings. The highest BCUT2D eigenvalue weighted by atomic mass is 16.5. The van der Waals surface area contributed by atoms with Crippen LogP contribution in [0, 0.1) is 6.92 Å². The van der Waals surface area contributed by atoms with Crippen molar-refractivity contribution >= 4 is 12.0 Å². The monoisotopic (exact) mass is 243 g/mol. The minimum atomic E-state index is -0.838. The van der Waals surface area contributed by atoms with E-state index in [0.29, 0.717) is 4.68 Å². The third kappa shape index (κ3) is 2.83. The van der Waals surface area contributed by atoms with E-state index in [1.807, 2.05) is 0 Å². The van der Waals surface area contributed by atoms with Crippen LogP contribution >= 0.6 is 0 Å². The van der Waals surface area contributed by atoms with Crippen molar-refractivity contribution < 1.29 is 14.3 Å². The van der Waals surface area contributed by atoms with Crippen LogP contribution in [0.2, 0.25) is 0 Å². The number of aryl methyl sites for hydroxylation is 1. The maximum absolute atomic E-state index is 11.5. The fourth-order valence-corrected chi connectivity index (χ4v) is 1.04. The van der Waals surface area contributed by atoms with E-state index in [1.165, 1.54) is 6.92 Å². The van der Waals surface area contributed by atoms with E-state index in [-0.39, 0.29) is 19.0 Å². The molecule has 0 unspecified atom stereocenters. The van der Waals surface area contributed by atoms with Gasteiger partial charge >= 0.3 is 17.7 Å². The quantitative estimate of drug-likeness (QED) is 0.476. The van der Waals surface area contributed by atoms with Crippen molar-refractivity contribution in [1.82, 2.24) is 19.8 Å². The Morgan fingerprint density at radius 2 is 2.18 bits per heavy atom. The number of ether oxygens (including phenoxy) is 1. The lowest BCUT2D eigenvalue weighted by molar-refractivity contribution is -0.141. The Balaban J connectivity index is 2.68. The van der Waals surface area contributed by atoms with Gasteiger partial charge in [0.25, 0.3) is 0 Å². The lowest BCUT2D eigenvalue weighted by Crippen LogP contribution is -2.41. The van der Waals surface area contributed by atoms with Crippen molar-refractivity contribution in [1.29, 1.82) is 0 Å². The molecule has 1 amide bonds. The van der Waals surface area contributed by atoms with Gasteiger partial charge in [0, 0.05) is 0 Å². The molecule has 0 radical (unpaired) electrons. The summed E-state index contributed by atoms with van der Waals surface area (Å²) in [4.78, 5) is 33.8. The van der Waals surface area contributed by atoms with E-state index in [4.69, 9.17) is 5.84 Å². The molecule has 0 bridgehead atoms. The number of carbonyl (C=O) groups excluding carboxylic acids is 2. The molecule has 0 aliphatic carbocycles. The molecule has 94 valence electrons. The standard InChI is InChI=1S/C8H13N5O4/c1-3-17-6(14)4-10-7(15)13-8(16)12(9)5(2)11-13/h3-4,9H2,1-2H3,(H,10,15). The second kappa shape index (κ2) is 5.14. The zero-order valence-electron chi connectivity index (χ0n) is 9.47. The first-order valence-electron chi connectivity index (χ1n) is 4.85. The third-order valence-corrected chi connectivity index (χ3v) is 1.86. The number of amides is 1. The number of nitrogens with zero attached hydrogens (tertiary/aromatic N) is 3. The van der Waals surface area contributed by atoms with Crippen molar-refractivity contribution in [3.05, 3.63) is 16.3 Å². The maximum Gasteiger partial charge on any atom is 0.373 e. The van der Waals surface area contributed by atoms with Gasteiger partial charge in [-0.25, -0.2) is 9.59 Å². The van der Waals surface area contributed by atoms with Gasteiger partial charge in [0.05, 0.1) is 6.61 Å². The number of hydrogen-bond donors (Lipinski definition) is 2. The van der Waals surface area contributed by atoms with Crippen molar-refractivity contribution in [3.8, 4) is 0 Å². The lowest BCUT2D eigenvalue weighted by Gasteiger charge is -2.03. The highest BCUT2D eigenvalue weighted by molar-refractivity contribution is 5.81. The topological polar surface area (TPSA) is 121 Å². The molecule has 0 aromatic carbocycles. The minimum absolute atomic E-state index is 0.182. The van der Waals surface area contributed by atoms with E-state index in [2.05, 4.69) is 15.2 Å². The highest BCUT2D eigenvalue weighted by Gasteiger charge is 2.15. The molecule has 1 aromatic heterocycles. The van der Waals surface area contributed by atoms with Gasteiger partial charge in [0.1, 0.15) is 6.54 Å². The molecule has 1 aromatic rings. The van der Waals surface area contributed by atoms with Crippen LogP contribution in [0.5, 0.6) is 0 Å². The van der Waals surface area contributed by atoms with Gasteiger partial charge in [-0.3, -0.25) is 4.79 Å². The first kappa shape index (κ1) is 12.7. The zero-order valence-corrected chi connectivity index (χ0v) is 9.47. The number of rotatable bonds is 3. The Morgan fingerprint density at radius 1 is 1.53 bits per heavy atom. The van der Waals surface area contributed by atoms with Crippen LogP contribution in [0.4, 0.5) is 4.79 Å². The fourth-order valence-electron chi connectivity index (χ4n) is 1.04. The summed E-state index contributed by atoms with van der Waals surface area (Å²) in [5.74, 6) is 4.88. The van der Waals surface area contributed by atoms with E-state index in [0.717, 1.165) is 4.68 Å². The molecule has 1 rings (SSSR count). The summed E-state index contributed by atoms with van der Waals surface area (Å²) in [6.45, 7) is 2.99. The second-order valence-electron chi connectivity index (χ2n) is 3.08. The Kier molecular flexibility index (Phi) is 3.86. The summed E-state index contributed by atoms with van der Waals surface area (Å²) in [5.41, 5.74) is -0.788. The van der Waals surface area contributed by atoms with Crippen LogP contribution in [-0.4, -0.2) is 39.6 Å². The minimum Gasteiger partial charge on any atom is -0.465 e. The SMILES string of the molecule is CCOC(=O)CNC(=O)n1nc(C)n(N)c1=O. The molecule has 17 heavy (non-hydrogen) atoms. The molecule has 0 spiro atoms. The summed E-state index contributed by atoms with van der Waals surface area (Å²) in [6, 6.07) is -0.838. The summed E-state index contributed by atoms with van der Waals surface area (Å²) in [7, 11) is 0. The second-order valence-corrected chi connectivity index (χ2v) is 3.08. The van der Waals surface area contributed by atoms with Gasteiger partial charge in [0.15, 0.2) is 5.82 Å². The predicted molar refractivity (Wildman–Crippen MR) is 56.8 cm³/mol. The highest BCUT2D eigenvalue weighted by Crippen LogP contribution is 1.84. The number of carbonyl (C=O) groups is 2. The molecule has 9 heteroatoms. The Hall–Kier alpha value is -2.32. The number of aromatic nitrogens is 3. The number of nitrogen functional groups attached to an aromatic ring is 1. The maximum atomic E-state index is 11.5. The van der Waals surface area contributed by atoms with E-state index in [9.17, 15) is 14.4 Å². The Bertz CT molecular complexity index is 489. The molecular formula is C8H13N5O4. The van der Waals surface area contributed by atoms with Crippen molar-refractivity contribution in [2.24, 2.45) is 0 Å². The van der Waals surface area contributed by atoms with Gasteiger partial charge in [-0.15, -0.1) is 9.78 Å². The van der Waals surface area contributed by atoms with E-state index < -0.39 is 17.7 Å². The van der Waals surface area contributed by atoms with E-state index >= 15 is 0 Å². The fraction of sp³-hybridized carbons (Fsp3) is 0.500. The van der Waals surface area contributed by atoms with Crippen LogP contribution < -0.4 is 16.8 Å². The molecule has 1 heterocycles. The van der Waals surface area contributed by atoms with Gasteiger partial charge in [-0.05, 0) is 13.8 Å². The van der Waals surface area contributed by atoms with E-state index in [1.54, 1.807) is 6.92 Å². The normalized spacial score (nSPS) is 10.0. The van der Waals surface area contributed by atoms with Crippen molar-refractivity contribution in [2.75, 3.05) is 19.0 Å². The number of hydrogen-bond acceptors (Lipinski definition) is 6. The largest absolute Gasteiger partial charge is 0.465 e. The Labute approximate surface area is 96.1 Å². The Morgan fingerprint density at radius 3 is 2.65 bits per heavy atom. The smallest absolute Gasteiger partial charge is 0.373 e. The molecule has 0 saturated heterocycles. The molecule has 0 atom stereocenters. The molecule has 9 nitrogen and oxygen atoms in total. The summed E-state index contributed by atoms with van der Waals surface area (Å²) in [6.07, 6.45) is 0. The number of nitrogens with two attached hydrogens (primary N) is 1. The van der Waals surface area contributed by atoms with Crippen molar-refractivity contribution in [3.63, 3.8) is 0 Å². The first-order valence-corrected chi connectivity index (χ1v) is 4.85. The summed E-state index contributed by atoms with van der Waals surface area (Å²) >= 11 is 0. The van der Waals surface area contributed by atoms with Crippen LogP contribution in [0.25, 0.3) is 0 Å². The summed E-state index contributed by atoms with van der Waals surface area (Å²) < 4.78 is 5.86. The molecule has 0 saturated carbocycles. The third-order valence-electron chi connectivity index (χ3n) is 1.86. The van der Waals surface area contributed by atoms with Crippen LogP contribution in [0.1, 0.15) is 12.7 Å². The number of esters is 1. The van der Waals surface area contributed by atoms with Crippen LogP contribution in [0.15, 0.2) is 4.79 Å². The van der Waals surface area contributed by atoms with Gasteiger partial charge in [-0.2, -0.15) is 4.68 Å². The number of nitrogens with one attached hydrogen (secondary N) is 1. The average molecular weight is 243 g/mol. The lowest BCUT2D eigenvalue weighted by atomic mass is 10.6. The molecule has 3 N–H and O–H groups in total. The van der Waals surface area contributed by atoms with Gasteiger partial charge < -0.3 is 15.9 Å². The van der Waals surface area contributed by atoms with Gasteiger partial charge in [0.2, 0.25) is 0 Å². The molecule has 0 aliphatic heterocycles. The predicted octanol–water partition coefficient (Wildman–Crippen LogP) is -1.81. The zero-order chi connectivity index (χ0) is 13.0.